The second kappa shape index (κ2) is 9.07. The SMILES string of the molecule is c1ccc(N(c2ccc[nH]2)c2ccc3ccc4c(N(c5ccccc5)c5ccc[nH]5)ccc5ccc2c3c54)cc1. The van der Waals surface area contributed by atoms with Gasteiger partial charge >= 0.3 is 0 Å². The van der Waals surface area contributed by atoms with Crippen molar-refractivity contribution < 1.29 is 0 Å². The predicted molar refractivity (Wildman–Crippen MR) is 168 cm³/mol. The first-order valence-corrected chi connectivity index (χ1v) is 13.5. The second-order valence-corrected chi connectivity index (χ2v) is 10.0. The van der Waals surface area contributed by atoms with Crippen molar-refractivity contribution in [1.82, 2.24) is 9.97 Å². The van der Waals surface area contributed by atoms with Gasteiger partial charge in [-0.2, -0.15) is 0 Å². The Morgan fingerprint density at radius 1 is 0.375 bits per heavy atom. The fraction of sp³-hybridized carbons (Fsp3) is 0. The molecule has 0 atom stereocenters. The number of hydrogen-bond donors (Lipinski definition) is 2. The normalized spacial score (nSPS) is 11.5. The van der Waals surface area contributed by atoms with Gasteiger partial charge in [-0.15, -0.1) is 0 Å². The van der Waals surface area contributed by atoms with Crippen molar-refractivity contribution in [3.05, 3.63) is 146 Å². The first kappa shape index (κ1) is 22.5. The molecule has 6 aromatic carbocycles. The van der Waals surface area contributed by atoms with Gasteiger partial charge in [0.1, 0.15) is 11.6 Å². The zero-order chi connectivity index (χ0) is 26.5. The summed E-state index contributed by atoms with van der Waals surface area (Å²) in [7, 11) is 0. The van der Waals surface area contributed by atoms with E-state index < -0.39 is 0 Å². The predicted octanol–water partition coefficient (Wildman–Crippen LogP) is 10.2. The van der Waals surface area contributed by atoms with E-state index >= 15 is 0 Å². The molecule has 2 aromatic heterocycles. The summed E-state index contributed by atoms with van der Waals surface area (Å²) in [5, 5.41) is 7.47. The number of nitrogens with one attached hydrogen (secondary N) is 2. The van der Waals surface area contributed by atoms with Gasteiger partial charge in [0.15, 0.2) is 0 Å². The summed E-state index contributed by atoms with van der Waals surface area (Å²) in [4.78, 5) is 11.5. The average molecular weight is 515 g/mol. The van der Waals surface area contributed by atoms with E-state index in [1.165, 1.54) is 32.3 Å². The highest BCUT2D eigenvalue weighted by Gasteiger charge is 2.21. The molecule has 0 aliphatic heterocycles. The fourth-order valence-corrected chi connectivity index (χ4v) is 6.05. The van der Waals surface area contributed by atoms with Crippen LogP contribution in [0.3, 0.4) is 0 Å². The van der Waals surface area contributed by atoms with E-state index in [9.17, 15) is 0 Å². The lowest BCUT2D eigenvalue weighted by Crippen LogP contribution is -2.11. The Bertz CT molecular complexity index is 1890. The molecule has 0 saturated heterocycles. The number of H-pyrrole nitrogens is 2. The Kier molecular flexibility index (Phi) is 5.10. The first-order chi connectivity index (χ1) is 19.9. The molecule has 40 heavy (non-hydrogen) atoms. The molecule has 2 N–H and O–H groups in total. The number of anilines is 6. The molecule has 0 fully saturated rings. The lowest BCUT2D eigenvalue weighted by atomic mass is 9.92. The Hall–Kier alpha value is -5.48. The van der Waals surface area contributed by atoms with Crippen LogP contribution in [-0.4, -0.2) is 9.97 Å². The van der Waals surface area contributed by atoms with E-state index in [1.54, 1.807) is 0 Å². The molecular formula is C36H26N4. The van der Waals surface area contributed by atoms with Gasteiger partial charge in [0.05, 0.1) is 11.4 Å². The summed E-state index contributed by atoms with van der Waals surface area (Å²) in [6, 6.07) is 47.5. The fourth-order valence-electron chi connectivity index (χ4n) is 6.05. The number of para-hydroxylation sites is 2. The number of nitrogens with zero attached hydrogens (tertiary/aromatic N) is 2. The van der Waals surface area contributed by atoms with Gasteiger partial charge in [-0.3, -0.25) is 9.80 Å². The average Bonchev–Trinajstić information content (AvgIpc) is 3.74. The smallest absolute Gasteiger partial charge is 0.114 e. The molecule has 0 bridgehead atoms. The van der Waals surface area contributed by atoms with Crippen LogP contribution in [0, 0.1) is 0 Å². The highest BCUT2D eigenvalue weighted by atomic mass is 15.2. The molecular weight excluding hydrogens is 488 g/mol. The molecule has 8 aromatic rings. The van der Waals surface area contributed by atoms with Crippen molar-refractivity contribution in [2.75, 3.05) is 9.80 Å². The van der Waals surface area contributed by atoms with Crippen LogP contribution >= 0.6 is 0 Å². The van der Waals surface area contributed by atoms with Gasteiger partial charge in [0.2, 0.25) is 0 Å². The maximum absolute atomic E-state index is 3.44. The number of rotatable bonds is 6. The molecule has 8 rings (SSSR count). The largest absolute Gasteiger partial charge is 0.348 e. The van der Waals surface area contributed by atoms with Crippen LogP contribution in [0.25, 0.3) is 32.3 Å². The zero-order valence-electron chi connectivity index (χ0n) is 21.8. The van der Waals surface area contributed by atoms with Crippen molar-refractivity contribution in [2.45, 2.75) is 0 Å². The maximum atomic E-state index is 3.44. The minimum Gasteiger partial charge on any atom is -0.348 e. The van der Waals surface area contributed by atoms with E-state index in [0.29, 0.717) is 0 Å². The van der Waals surface area contributed by atoms with E-state index in [2.05, 4.69) is 141 Å². The molecule has 190 valence electrons. The Balaban J connectivity index is 1.42. The Morgan fingerprint density at radius 2 is 0.800 bits per heavy atom. The van der Waals surface area contributed by atoms with Crippen LogP contribution in [0.1, 0.15) is 0 Å². The topological polar surface area (TPSA) is 38.1 Å². The molecule has 4 nitrogen and oxygen atoms in total. The summed E-state index contributed by atoms with van der Waals surface area (Å²) in [5.74, 6) is 2.06. The minimum atomic E-state index is 1.03. The highest BCUT2D eigenvalue weighted by Crippen LogP contribution is 2.46. The third-order valence-corrected chi connectivity index (χ3v) is 7.77. The van der Waals surface area contributed by atoms with Crippen LogP contribution in [0.2, 0.25) is 0 Å². The van der Waals surface area contributed by atoms with Crippen molar-refractivity contribution in [1.29, 1.82) is 0 Å². The van der Waals surface area contributed by atoms with Crippen molar-refractivity contribution in [3.8, 4) is 0 Å². The van der Waals surface area contributed by atoms with Crippen LogP contribution < -0.4 is 9.80 Å². The van der Waals surface area contributed by atoms with Crippen LogP contribution in [0.5, 0.6) is 0 Å². The third kappa shape index (κ3) is 3.47. The monoisotopic (exact) mass is 514 g/mol. The van der Waals surface area contributed by atoms with Crippen molar-refractivity contribution >= 4 is 66.7 Å². The standard InChI is InChI=1S/C36H26N4/c1-3-9-27(10-4-1)39(33-13-7-23-37-33)31-21-17-25-16-20-30-32(22-18-26-15-19-29(31)35(25)36(26)30)40(34-14-8-24-38-34)28-11-5-2-6-12-28/h1-24,37-38H. The molecule has 0 aliphatic rings. The molecule has 4 heteroatoms. The number of benzene rings is 6. The Labute approximate surface area is 232 Å². The summed E-state index contributed by atoms with van der Waals surface area (Å²) in [5.41, 5.74) is 4.51. The molecule has 0 unspecified atom stereocenters. The number of hydrogen-bond acceptors (Lipinski definition) is 2. The van der Waals surface area contributed by atoms with Gasteiger partial charge in [0.25, 0.3) is 0 Å². The molecule has 2 heterocycles. The summed E-state index contributed by atoms with van der Waals surface area (Å²) in [6.07, 6.45) is 3.96. The first-order valence-electron chi connectivity index (χ1n) is 13.5. The molecule has 0 spiro atoms. The van der Waals surface area contributed by atoms with Gasteiger partial charge in [-0.25, -0.2) is 0 Å². The van der Waals surface area contributed by atoms with Gasteiger partial charge in [0, 0.05) is 34.5 Å². The van der Waals surface area contributed by atoms with Gasteiger partial charge in [-0.1, -0.05) is 72.8 Å². The van der Waals surface area contributed by atoms with Crippen LogP contribution in [0.4, 0.5) is 34.4 Å². The lowest BCUT2D eigenvalue weighted by Gasteiger charge is -2.28. The van der Waals surface area contributed by atoms with Crippen molar-refractivity contribution in [2.24, 2.45) is 0 Å². The molecule has 0 amide bonds. The summed E-state index contributed by atoms with van der Waals surface area (Å²) in [6.45, 7) is 0. The Morgan fingerprint density at radius 3 is 1.20 bits per heavy atom. The van der Waals surface area contributed by atoms with Crippen LogP contribution in [0.15, 0.2) is 146 Å². The summed E-state index contributed by atoms with van der Waals surface area (Å²) < 4.78 is 0. The summed E-state index contributed by atoms with van der Waals surface area (Å²) >= 11 is 0. The van der Waals surface area contributed by atoms with E-state index in [1.807, 2.05) is 24.5 Å². The highest BCUT2D eigenvalue weighted by molar-refractivity contribution is 6.28. The zero-order valence-corrected chi connectivity index (χ0v) is 21.8. The molecule has 0 aliphatic carbocycles. The second-order valence-electron chi connectivity index (χ2n) is 10.0. The number of aromatic nitrogens is 2. The third-order valence-electron chi connectivity index (χ3n) is 7.77. The molecule has 0 saturated carbocycles. The van der Waals surface area contributed by atoms with E-state index in [0.717, 1.165) is 34.4 Å². The van der Waals surface area contributed by atoms with Gasteiger partial charge < -0.3 is 9.97 Å². The van der Waals surface area contributed by atoms with Crippen LogP contribution in [-0.2, 0) is 0 Å². The van der Waals surface area contributed by atoms with E-state index in [-0.39, 0.29) is 0 Å². The van der Waals surface area contributed by atoms with E-state index in [4.69, 9.17) is 0 Å². The van der Waals surface area contributed by atoms with Gasteiger partial charge in [-0.05, 0) is 82.2 Å². The number of aromatic amines is 2. The molecule has 0 radical (unpaired) electrons. The lowest BCUT2D eigenvalue weighted by molar-refractivity contribution is 1.22. The minimum absolute atomic E-state index is 1.03. The van der Waals surface area contributed by atoms with Crippen molar-refractivity contribution in [3.63, 3.8) is 0 Å². The quantitative estimate of drug-likeness (QED) is 0.217. The maximum Gasteiger partial charge on any atom is 0.114 e.